The van der Waals surface area contributed by atoms with E-state index in [0.29, 0.717) is 6.42 Å². The molecule has 4 rings (SSSR count). The molecule has 0 fully saturated rings. The van der Waals surface area contributed by atoms with E-state index < -0.39 is 18.1 Å². The summed E-state index contributed by atoms with van der Waals surface area (Å²) in [6.07, 6.45) is 0.993. The molecule has 8 heteroatoms. The van der Waals surface area contributed by atoms with Gasteiger partial charge < -0.3 is 9.47 Å². The zero-order chi connectivity index (χ0) is 26.7. The monoisotopic (exact) mass is 514 g/mol. The van der Waals surface area contributed by atoms with Crippen molar-refractivity contribution in [1.82, 2.24) is 10.6 Å². The number of benzene rings is 3. The fourth-order valence-corrected chi connectivity index (χ4v) is 4.46. The Labute approximate surface area is 221 Å². The maximum atomic E-state index is 12.4. The smallest absolute Gasteiger partial charge is 0.414 e. The standard InChI is InChI=1S/C30H30N2O6/c33-27(31-29(35)37-19-21-7-3-1-4-8-21)17-23-11-13-25-14-12-24(16-26(25)15-23)18-28(34)32-30(36)38-20-22-9-5-2-6-10-22/h1-11,13,15,24H,12,14,16-20H2,(H,31,33,35)(H,32,34,36). The lowest BCUT2D eigenvalue weighted by Crippen LogP contribution is -2.33. The largest absolute Gasteiger partial charge is 0.444 e. The zero-order valence-electron chi connectivity index (χ0n) is 21.0. The summed E-state index contributed by atoms with van der Waals surface area (Å²) < 4.78 is 10.2. The number of amides is 4. The number of imide groups is 2. The molecule has 3 aromatic carbocycles. The summed E-state index contributed by atoms with van der Waals surface area (Å²) in [6, 6.07) is 24.3. The molecule has 0 spiro atoms. The van der Waals surface area contributed by atoms with Crippen LogP contribution in [0.1, 0.15) is 40.7 Å². The Morgan fingerprint density at radius 1 is 0.684 bits per heavy atom. The van der Waals surface area contributed by atoms with Crippen LogP contribution in [0.2, 0.25) is 0 Å². The van der Waals surface area contributed by atoms with Gasteiger partial charge in [0.25, 0.3) is 0 Å². The second kappa shape index (κ2) is 13.2. The highest BCUT2D eigenvalue weighted by molar-refractivity contribution is 5.93. The topological polar surface area (TPSA) is 111 Å². The van der Waals surface area contributed by atoms with E-state index in [0.717, 1.165) is 35.1 Å². The van der Waals surface area contributed by atoms with Gasteiger partial charge in [-0.3, -0.25) is 20.2 Å². The molecule has 2 N–H and O–H groups in total. The van der Waals surface area contributed by atoms with Crippen LogP contribution in [-0.4, -0.2) is 24.0 Å². The molecule has 196 valence electrons. The minimum atomic E-state index is -0.787. The molecule has 38 heavy (non-hydrogen) atoms. The van der Waals surface area contributed by atoms with Crippen LogP contribution in [0.4, 0.5) is 9.59 Å². The van der Waals surface area contributed by atoms with E-state index in [9.17, 15) is 19.2 Å². The minimum absolute atomic E-state index is 0.0339. The average molecular weight is 515 g/mol. The fourth-order valence-electron chi connectivity index (χ4n) is 4.46. The lowest BCUT2D eigenvalue weighted by molar-refractivity contribution is -0.121. The highest BCUT2D eigenvalue weighted by Crippen LogP contribution is 2.28. The number of fused-ring (bicyclic) bond motifs is 1. The number of carbonyl (C=O) groups is 4. The first-order valence-electron chi connectivity index (χ1n) is 12.6. The first-order valence-corrected chi connectivity index (χ1v) is 12.6. The van der Waals surface area contributed by atoms with Gasteiger partial charge in [-0.15, -0.1) is 0 Å². The summed E-state index contributed by atoms with van der Waals surface area (Å²) in [6.45, 7) is 0.177. The Hall–Kier alpha value is -4.46. The Bertz CT molecular complexity index is 1280. The second-order valence-corrected chi connectivity index (χ2v) is 9.31. The maximum absolute atomic E-state index is 12.4. The van der Waals surface area contributed by atoms with Gasteiger partial charge in [-0.25, -0.2) is 9.59 Å². The van der Waals surface area contributed by atoms with Crippen molar-refractivity contribution < 1.29 is 28.7 Å². The molecular formula is C30H30N2O6. The van der Waals surface area contributed by atoms with Crippen molar-refractivity contribution >= 4 is 24.0 Å². The highest BCUT2D eigenvalue weighted by Gasteiger charge is 2.23. The molecule has 0 saturated heterocycles. The van der Waals surface area contributed by atoms with E-state index in [2.05, 4.69) is 10.6 Å². The predicted molar refractivity (Wildman–Crippen MR) is 140 cm³/mol. The molecular weight excluding hydrogens is 484 g/mol. The number of hydrogen-bond donors (Lipinski definition) is 2. The van der Waals surface area contributed by atoms with Crippen LogP contribution in [0.3, 0.4) is 0 Å². The van der Waals surface area contributed by atoms with Crippen LogP contribution in [0, 0.1) is 5.92 Å². The molecule has 0 aliphatic heterocycles. The molecule has 8 nitrogen and oxygen atoms in total. The van der Waals surface area contributed by atoms with Crippen molar-refractivity contribution in [3.63, 3.8) is 0 Å². The predicted octanol–water partition coefficient (Wildman–Crippen LogP) is 4.63. The number of aryl methyl sites for hydroxylation is 1. The number of nitrogens with one attached hydrogen (secondary N) is 2. The van der Waals surface area contributed by atoms with Crippen LogP contribution in [0.15, 0.2) is 78.9 Å². The van der Waals surface area contributed by atoms with Crippen molar-refractivity contribution in [3.8, 4) is 0 Å². The van der Waals surface area contributed by atoms with E-state index >= 15 is 0 Å². The normalized spacial score (nSPS) is 14.1. The van der Waals surface area contributed by atoms with Gasteiger partial charge >= 0.3 is 12.2 Å². The number of hydrogen-bond acceptors (Lipinski definition) is 6. The summed E-state index contributed by atoms with van der Waals surface area (Å²) in [4.78, 5) is 48.7. The molecule has 3 aromatic rings. The Balaban J connectivity index is 1.21. The Morgan fingerprint density at radius 3 is 1.87 bits per heavy atom. The molecule has 0 saturated carbocycles. The summed E-state index contributed by atoms with van der Waals surface area (Å²) in [5.74, 6) is -0.758. The van der Waals surface area contributed by atoms with E-state index in [1.165, 1.54) is 5.56 Å². The van der Waals surface area contributed by atoms with Gasteiger partial charge in [0.05, 0.1) is 6.42 Å². The summed E-state index contributed by atoms with van der Waals surface area (Å²) in [5.41, 5.74) is 4.68. The van der Waals surface area contributed by atoms with Crippen LogP contribution in [0.5, 0.6) is 0 Å². The maximum Gasteiger partial charge on any atom is 0.414 e. The number of alkyl carbamates (subject to hydrolysis) is 2. The first kappa shape index (κ1) is 26.6. The third-order valence-corrected chi connectivity index (χ3v) is 6.35. The second-order valence-electron chi connectivity index (χ2n) is 9.31. The van der Waals surface area contributed by atoms with Crippen LogP contribution < -0.4 is 10.6 Å². The molecule has 0 bridgehead atoms. The van der Waals surface area contributed by atoms with E-state index in [1.807, 2.05) is 78.9 Å². The third kappa shape index (κ3) is 8.30. The lowest BCUT2D eigenvalue weighted by atomic mass is 9.81. The number of carbonyl (C=O) groups excluding carboxylic acids is 4. The van der Waals surface area contributed by atoms with Crippen LogP contribution in [-0.2, 0) is 51.5 Å². The molecule has 1 aliphatic carbocycles. The number of rotatable bonds is 8. The minimum Gasteiger partial charge on any atom is -0.444 e. The van der Waals surface area contributed by atoms with Gasteiger partial charge in [0.2, 0.25) is 11.8 Å². The van der Waals surface area contributed by atoms with E-state index in [1.54, 1.807) is 0 Å². The van der Waals surface area contributed by atoms with Crippen molar-refractivity contribution in [3.05, 3.63) is 107 Å². The first-order chi connectivity index (χ1) is 18.4. The third-order valence-electron chi connectivity index (χ3n) is 6.35. The molecule has 0 aromatic heterocycles. The SMILES string of the molecule is O=C(Cc1ccc2c(c1)CC(CC(=O)NC(=O)OCc1ccccc1)CC2)NC(=O)OCc1ccccc1. The summed E-state index contributed by atoms with van der Waals surface area (Å²) in [7, 11) is 0. The lowest BCUT2D eigenvalue weighted by Gasteiger charge is -2.24. The summed E-state index contributed by atoms with van der Waals surface area (Å²) >= 11 is 0. The van der Waals surface area contributed by atoms with Gasteiger partial charge in [0, 0.05) is 6.42 Å². The van der Waals surface area contributed by atoms with Crippen LogP contribution in [0.25, 0.3) is 0 Å². The van der Waals surface area contributed by atoms with E-state index in [-0.39, 0.29) is 37.9 Å². The van der Waals surface area contributed by atoms with E-state index in [4.69, 9.17) is 9.47 Å². The molecule has 4 amide bonds. The van der Waals surface area contributed by atoms with Crippen molar-refractivity contribution in [1.29, 1.82) is 0 Å². The Morgan fingerprint density at radius 2 is 1.26 bits per heavy atom. The van der Waals surface area contributed by atoms with Gasteiger partial charge in [-0.2, -0.15) is 0 Å². The molecule has 0 radical (unpaired) electrons. The van der Waals surface area contributed by atoms with Gasteiger partial charge in [0.15, 0.2) is 0 Å². The fraction of sp³-hybridized carbons (Fsp3) is 0.267. The molecule has 1 unspecified atom stereocenters. The van der Waals surface area contributed by atoms with Gasteiger partial charge in [0.1, 0.15) is 13.2 Å². The highest BCUT2D eigenvalue weighted by atomic mass is 16.6. The molecule has 1 atom stereocenters. The number of ether oxygens (including phenoxy) is 2. The van der Waals surface area contributed by atoms with Crippen LogP contribution >= 0.6 is 0 Å². The van der Waals surface area contributed by atoms with Crippen molar-refractivity contribution in [2.45, 2.75) is 45.3 Å². The summed E-state index contributed by atoms with van der Waals surface area (Å²) in [5, 5.41) is 4.56. The van der Waals surface area contributed by atoms with Crippen molar-refractivity contribution in [2.24, 2.45) is 5.92 Å². The molecule has 0 heterocycles. The average Bonchev–Trinajstić information content (AvgIpc) is 2.91. The zero-order valence-corrected chi connectivity index (χ0v) is 21.0. The Kier molecular flexibility index (Phi) is 9.23. The van der Waals surface area contributed by atoms with Crippen molar-refractivity contribution in [2.75, 3.05) is 0 Å². The quantitative estimate of drug-likeness (QED) is 0.454. The molecule has 1 aliphatic rings. The van der Waals surface area contributed by atoms with Gasteiger partial charge in [-0.05, 0) is 53.0 Å². The van der Waals surface area contributed by atoms with Gasteiger partial charge in [-0.1, -0.05) is 78.9 Å².